The molecule has 0 aliphatic heterocycles. The lowest BCUT2D eigenvalue weighted by atomic mass is 10.1. The average molecular weight is 279 g/mol. The van der Waals surface area contributed by atoms with Crippen molar-refractivity contribution in [1.82, 2.24) is 10.7 Å². The molecule has 0 aliphatic carbocycles. The van der Waals surface area contributed by atoms with Crippen molar-refractivity contribution >= 4 is 17.5 Å². The quantitative estimate of drug-likeness (QED) is 0.454. The maximum atomic E-state index is 11.6. The highest BCUT2D eigenvalue weighted by atomic mass is 16.3. The molecule has 1 aromatic heterocycles. The summed E-state index contributed by atoms with van der Waals surface area (Å²) in [6.45, 7) is 4.27. The van der Waals surface area contributed by atoms with Crippen LogP contribution in [0.5, 0.6) is 0 Å². The minimum absolute atomic E-state index is 0.180. The summed E-state index contributed by atoms with van der Waals surface area (Å²) in [5, 5.41) is 6.46. The summed E-state index contributed by atoms with van der Waals surface area (Å²) in [5.41, 5.74) is 3.19. The molecule has 6 heteroatoms. The lowest BCUT2D eigenvalue weighted by Crippen LogP contribution is -2.37. The van der Waals surface area contributed by atoms with Crippen LogP contribution < -0.4 is 10.7 Å². The second kappa shape index (κ2) is 8.90. The molecule has 0 unspecified atom stereocenters. The predicted molar refractivity (Wildman–Crippen MR) is 75.9 cm³/mol. The number of carbonyl (C=O) groups is 2. The Bertz CT molecular complexity index is 444. The monoisotopic (exact) mass is 279 g/mol. The summed E-state index contributed by atoms with van der Waals surface area (Å²) in [7, 11) is 0. The highest BCUT2D eigenvalue weighted by Crippen LogP contribution is 2.00. The third-order valence-corrected chi connectivity index (χ3v) is 2.60. The Hall–Kier alpha value is -2.11. The van der Waals surface area contributed by atoms with Gasteiger partial charge in [0.15, 0.2) is 0 Å². The van der Waals surface area contributed by atoms with Crippen molar-refractivity contribution in [3.8, 4) is 0 Å². The van der Waals surface area contributed by atoms with E-state index >= 15 is 0 Å². The standard InChI is InChI=1S/C14H21N3O3/c1-3-6-11(7-4-2)16-17-14(19)13(18)15-10-12-8-5-9-20-12/h5,8-9H,3-4,6-7,10H2,1-2H3,(H,15,18)(H,17,19). The van der Waals surface area contributed by atoms with Gasteiger partial charge in [-0.05, 0) is 25.0 Å². The lowest BCUT2D eigenvalue weighted by molar-refractivity contribution is -0.139. The van der Waals surface area contributed by atoms with Crippen LogP contribution in [0.2, 0.25) is 0 Å². The van der Waals surface area contributed by atoms with E-state index in [0.29, 0.717) is 5.76 Å². The molecule has 0 saturated heterocycles. The van der Waals surface area contributed by atoms with Crippen LogP contribution in [-0.2, 0) is 16.1 Å². The van der Waals surface area contributed by atoms with Crippen molar-refractivity contribution in [3.63, 3.8) is 0 Å². The second-order valence-corrected chi connectivity index (χ2v) is 4.38. The zero-order valence-corrected chi connectivity index (χ0v) is 11.9. The van der Waals surface area contributed by atoms with Crippen molar-refractivity contribution in [1.29, 1.82) is 0 Å². The molecule has 110 valence electrons. The highest BCUT2D eigenvalue weighted by molar-refractivity contribution is 6.35. The number of hydrogen-bond donors (Lipinski definition) is 2. The van der Waals surface area contributed by atoms with E-state index in [1.54, 1.807) is 12.1 Å². The van der Waals surface area contributed by atoms with E-state index in [2.05, 4.69) is 15.8 Å². The Balaban J connectivity index is 2.40. The Kier molecular flexibility index (Phi) is 7.10. The molecule has 20 heavy (non-hydrogen) atoms. The summed E-state index contributed by atoms with van der Waals surface area (Å²) in [5.74, 6) is -0.897. The van der Waals surface area contributed by atoms with Gasteiger partial charge in [-0.3, -0.25) is 9.59 Å². The van der Waals surface area contributed by atoms with Gasteiger partial charge in [0.1, 0.15) is 5.76 Å². The van der Waals surface area contributed by atoms with Gasteiger partial charge in [0.25, 0.3) is 0 Å². The minimum atomic E-state index is -0.763. The van der Waals surface area contributed by atoms with Gasteiger partial charge in [-0.25, -0.2) is 5.43 Å². The molecule has 0 spiro atoms. The number of hydrogen-bond acceptors (Lipinski definition) is 4. The SMILES string of the molecule is CCCC(CCC)=NNC(=O)C(=O)NCc1ccco1. The third kappa shape index (κ3) is 5.69. The second-order valence-electron chi connectivity index (χ2n) is 4.38. The van der Waals surface area contributed by atoms with Crippen LogP contribution in [0.4, 0.5) is 0 Å². The van der Waals surface area contributed by atoms with E-state index in [1.807, 2.05) is 13.8 Å². The van der Waals surface area contributed by atoms with Crippen LogP contribution >= 0.6 is 0 Å². The van der Waals surface area contributed by atoms with Gasteiger partial charge in [0.05, 0.1) is 12.8 Å². The first-order valence-corrected chi connectivity index (χ1v) is 6.83. The molecule has 2 N–H and O–H groups in total. The lowest BCUT2D eigenvalue weighted by Gasteiger charge is -2.05. The van der Waals surface area contributed by atoms with E-state index < -0.39 is 11.8 Å². The first kappa shape index (κ1) is 15.9. The van der Waals surface area contributed by atoms with Crippen molar-refractivity contribution in [2.45, 2.75) is 46.1 Å². The summed E-state index contributed by atoms with van der Waals surface area (Å²) >= 11 is 0. The summed E-state index contributed by atoms with van der Waals surface area (Å²) in [4.78, 5) is 23.1. The zero-order chi connectivity index (χ0) is 14.8. The van der Waals surface area contributed by atoms with Crippen molar-refractivity contribution in [2.75, 3.05) is 0 Å². The van der Waals surface area contributed by atoms with Crippen LogP contribution in [-0.4, -0.2) is 17.5 Å². The van der Waals surface area contributed by atoms with Gasteiger partial charge < -0.3 is 9.73 Å². The fraction of sp³-hybridized carbons (Fsp3) is 0.500. The first-order valence-electron chi connectivity index (χ1n) is 6.83. The van der Waals surface area contributed by atoms with Gasteiger partial charge in [-0.15, -0.1) is 0 Å². The van der Waals surface area contributed by atoms with E-state index in [4.69, 9.17) is 4.42 Å². The molecule has 0 saturated carbocycles. The molecule has 0 atom stereocenters. The molecule has 1 heterocycles. The highest BCUT2D eigenvalue weighted by Gasteiger charge is 2.13. The van der Waals surface area contributed by atoms with Crippen LogP contribution in [0.25, 0.3) is 0 Å². The molecule has 0 bridgehead atoms. The van der Waals surface area contributed by atoms with Gasteiger partial charge in [0.2, 0.25) is 0 Å². The maximum absolute atomic E-state index is 11.6. The fourth-order valence-electron chi connectivity index (χ4n) is 1.66. The van der Waals surface area contributed by atoms with Gasteiger partial charge in [-0.1, -0.05) is 26.7 Å². The van der Waals surface area contributed by atoms with E-state index in [1.165, 1.54) is 6.26 Å². The number of carbonyl (C=O) groups excluding carboxylic acids is 2. The Morgan fingerprint density at radius 2 is 1.90 bits per heavy atom. The number of amides is 2. The van der Waals surface area contributed by atoms with Crippen LogP contribution in [0.15, 0.2) is 27.9 Å². The van der Waals surface area contributed by atoms with Gasteiger partial charge in [-0.2, -0.15) is 5.10 Å². The van der Waals surface area contributed by atoms with E-state index in [0.717, 1.165) is 31.4 Å². The maximum Gasteiger partial charge on any atom is 0.329 e. The average Bonchev–Trinajstić information content (AvgIpc) is 2.95. The largest absolute Gasteiger partial charge is 0.467 e. The summed E-state index contributed by atoms with van der Waals surface area (Å²) in [6, 6.07) is 3.44. The van der Waals surface area contributed by atoms with Crippen LogP contribution in [0, 0.1) is 0 Å². The van der Waals surface area contributed by atoms with Crippen molar-refractivity contribution < 1.29 is 14.0 Å². The van der Waals surface area contributed by atoms with Crippen molar-refractivity contribution in [2.24, 2.45) is 5.10 Å². The number of rotatable bonds is 7. The summed E-state index contributed by atoms with van der Waals surface area (Å²) in [6.07, 6.45) is 5.07. The molecule has 0 aromatic carbocycles. The number of furan rings is 1. The zero-order valence-electron chi connectivity index (χ0n) is 11.9. The minimum Gasteiger partial charge on any atom is -0.467 e. The van der Waals surface area contributed by atoms with E-state index in [9.17, 15) is 9.59 Å². The molecular weight excluding hydrogens is 258 g/mol. The molecule has 0 radical (unpaired) electrons. The van der Waals surface area contributed by atoms with Crippen LogP contribution in [0.3, 0.4) is 0 Å². The molecule has 2 amide bonds. The normalized spacial score (nSPS) is 9.90. The number of nitrogens with one attached hydrogen (secondary N) is 2. The van der Waals surface area contributed by atoms with E-state index in [-0.39, 0.29) is 6.54 Å². The molecular formula is C14H21N3O3. The van der Waals surface area contributed by atoms with Crippen LogP contribution in [0.1, 0.15) is 45.3 Å². The topological polar surface area (TPSA) is 83.7 Å². The fourth-order valence-corrected chi connectivity index (χ4v) is 1.66. The molecule has 1 aromatic rings. The summed E-state index contributed by atoms with van der Waals surface area (Å²) < 4.78 is 5.05. The smallest absolute Gasteiger partial charge is 0.329 e. The third-order valence-electron chi connectivity index (χ3n) is 2.60. The van der Waals surface area contributed by atoms with Gasteiger partial charge >= 0.3 is 11.8 Å². The Labute approximate surface area is 118 Å². The predicted octanol–water partition coefficient (Wildman–Crippen LogP) is 1.97. The molecule has 0 aliphatic rings. The Morgan fingerprint density at radius 3 is 2.45 bits per heavy atom. The number of nitrogens with zero attached hydrogens (tertiary/aromatic N) is 1. The number of hydrazone groups is 1. The Morgan fingerprint density at radius 1 is 1.20 bits per heavy atom. The first-order chi connectivity index (χ1) is 9.67. The molecule has 1 rings (SSSR count). The van der Waals surface area contributed by atoms with Gasteiger partial charge in [0, 0.05) is 5.71 Å². The molecule has 6 nitrogen and oxygen atoms in total. The van der Waals surface area contributed by atoms with Crippen molar-refractivity contribution in [3.05, 3.63) is 24.2 Å². The molecule has 0 fully saturated rings.